The van der Waals surface area contributed by atoms with Crippen LogP contribution in [0.2, 0.25) is 0 Å². The molecule has 0 unspecified atom stereocenters. The van der Waals surface area contributed by atoms with Crippen LogP contribution in [0.1, 0.15) is 15.9 Å². The average Bonchev–Trinajstić information content (AvgIpc) is 2.83. The number of fused-ring (bicyclic) bond motifs is 1. The molecule has 1 aliphatic rings. The van der Waals surface area contributed by atoms with E-state index in [4.69, 9.17) is 5.73 Å². The first-order valence-electron chi connectivity index (χ1n) is 5.65. The fraction of sp³-hybridized carbons (Fsp3) is 0.0769. The van der Waals surface area contributed by atoms with Crippen molar-refractivity contribution in [2.24, 2.45) is 5.73 Å². The molecule has 3 N–H and O–H groups in total. The number of amides is 1. The molecular weight excluding hydrogens is 228 g/mol. The molecule has 1 aromatic heterocycles. The van der Waals surface area contributed by atoms with E-state index in [0.717, 1.165) is 11.3 Å². The predicted octanol–water partition coefficient (Wildman–Crippen LogP) is 1.30. The Hall–Kier alpha value is -2.56. The van der Waals surface area contributed by atoms with E-state index in [9.17, 15) is 4.79 Å². The second-order valence-corrected chi connectivity index (χ2v) is 4.02. The Morgan fingerprint density at radius 2 is 2.11 bits per heavy atom. The lowest BCUT2D eigenvalue weighted by atomic mass is 10.1. The van der Waals surface area contributed by atoms with Crippen molar-refractivity contribution in [3.8, 4) is 0 Å². The fourth-order valence-corrected chi connectivity index (χ4v) is 2.06. The lowest BCUT2D eigenvalue weighted by Gasteiger charge is -2.18. The van der Waals surface area contributed by atoms with Crippen molar-refractivity contribution in [2.45, 2.75) is 0 Å². The molecule has 5 nitrogen and oxygen atoms in total. The SMILES string of the molecule is NC(=O)c1cnn2c1NCC=C2c1ccccc1. The van der Waals surface area contributed by atoms with Crippen molar-refractivity contribution in [1.82, 2.24) is 9.78 Å². The van der Waals surface area contributed by atoms with Gasteiger partial charge >= 0.3 is 0 Å². The number of anilines is 1. The number of carbonyl (C=O) groups excluding carboxylic acids is 1. The molecule has 2 aromatic rings. The second kappa shape index (κ2) is 4.03. The van der Waals surface area contributed by atoms with E-state index in [1.165, 1.54) is 6.20 Å². The van der Waals surface area contributed by atoms with Gasteiger partial charge in [0.1, 0.15) is 11.4 Å². The van der Waals surface area contributed by atoms with E-state index in [0.29, 0.717) is 17.9 Å². The van der Waals surface area contributed by atoms with Crippen LogP contribution >= 0.6 is 0 Å². The zero-order valence-corrected chi connectivity index (χ0v) is 9.63. The number of nitrogens with zero attached hydrogens (tertiary/aromatic N) is 2. The van der Waals surface area contributed by atoms with Crippen LogP contribution in [0.15, 0.2) is 42.6 Å². The van der Waals surface area contributed by atoms with Gasteiger partial charge in [-0.15, -0.1) is 0 Å². The molecule has 0 spiro atoms. The zero-order valence-electron chi connectivity index (χ0n) is 9.63. The first-order valence-corrected chi connectivity index (χ1v) is 5.65. The Bertz CT molecular complexity index is 628. The number of nitrogens with two attached hydrogens (primary N) is 1. The smallest absolute Gasteiger partial charge is 0.254 e. The van der Waals surface area contributed by atoms with E-state index in [1.807, 2.05) is 36.4 Å². The molecule has 1 aliphatic heterocycles. The highest BCUT2D eigenvalue weighted by Crippen LogP contribution is 2.26. The largest absolute Gasteiger partial charge is 0.366 e. The zero-order chi connectivity index (χ0) is 12.5. The van der Waals surface area contributed by atoms with Crippen LogP contribution in [0.5, 0.6) is 0 Å². The summed E-state index contributed by atoms with van der Waals surface area (Å²) in [5.41, 5.74) is 7.74. The van der Waals surface area contributed by atoms with E-state index >= 15 is 0 Å². The molecule has 18 heavy (non-hydrogen) atoms. The van der Waals surface area contributed by atoms with Crippen LogP contribution in [-0.4, -0.2) is 22.2 Å². The molecule has 0 bridgehead atoms. The minimum Gasteiger partial charge on any atom is -0.366 e. The monoisotopic (exact) mass is 240 g/mol. The first kappa shape index (κ1) is 10.6. The number of carbonyl (C=O) groups is 1. The molecule has 0 aliphatic carbocycles. The highest BCUT2D eigenvalue weighted by atomic mass is 16.1. The Morgan fingerprint density at radius 1 is 1.33 bits per heavy atom. The number of hydrogen-bond acceptors (Lipinski definition) is 3. The molecule has 0 atom stereocenters. The van der Waals surface area contributed by atoms with Crippen LogP contribution in [0.3, 0.4) is 0 Å². The van der Waals surface area contributed by atoms with Gasteiger partial charge in [0.25, 0.3) is 5.91 Å². The average molecular weight is 240 g/mol. The van der Waals surface area contributed by atoms with Crippen LogP contribution in [-0.2, 0) is 0 Å². The lowest BCUT2D eigenvalue weighted by molar-refractivity contribution is 0.100. The third kappa shape index (κ3) is 1.57. The number of nitrogens with one attached hydrogen (secondary N) is 1. The Morgan fingerprint density at radius 3 is 2.83 bits per heavy atom. The van der Waals surface area contributed by atoms with E-state index in [2.05, 4.69) is 10.4 Å². The van der Waals surface area contributed by atoms with E-state index < -0.39 is 5.91 Å². The standard InChI is InChI=1S/C13H12N4O/c14-12(18)10-8-16-17-11(6-7-15-13(10)17)9-4-2-1-3-5-9/h1-6,8,15H,7H2,(H2,14,18). The molecule has 0 saturated carbocycles. The van der Waals surface area contributed by atoms with Gasteiger partial charge < -0.3 is 11.1 Å². The van der Waals surface area contributed by atoms with Crippen molar-refractivity contribution < 1.29 is 4.79 Å². The van der Waals surface area contributed by atoms with Gasteiger partial charge in [0.15, 0.2) is 0 Å². The minimum atomic E-state index is -0.474. The number of hydrogen-bond donors (Lipinski definition) is 2. The summed E-state index contributed by atoms with van der Waals surface area (Å²) < 4.78 is 1.71. The maximum absolute atomic E-state index is 11.3. The Kier molecular flexibility index (Phi) is 2.37. The van der Waals surface area contributed by atoms with Gasteiger partial charge in [-0.25, -0.2) is 4.68 Å². The van der Waals surface area contributed by atoms with Crippen molar-refractivity contribution >= 4 is 17.4 Å². The highest BCUT2D eigenvalue weighted by molar-refractivity contribution is 5.98. The predicted molar refractivity (Wildman–Crippen MR) is 69.1 cm³/mol. The molecular formula is C13H12N4O. The van der Waals surface area contributed by atoms with Gasteiger partial charge in [0, 0.05) is 6.54 Å². The summed E-state index contributed by atoms with van der Waals surface area (Å²) in [6.45, 7) is 0.649. The minimum absolute atomic E-state index is 0.413. The van der Waals surface area contributed by atoms with Crippen molar-refractivity contribution in [3.63, 3.8) is 0 Å². The molecule has 0 radical (unpaired) electrons. The van der Waals surface area contributed by atoms with Crippen LogP contribution in [0.4, 0.5) is 5.82 Å². The van der Waals surface area contributed by atoms with Gasteiger partial charge in [-0.3, -0.25) is 4.79 Å². The van der Waals surface area contributed by atoms with Gasteiger partial charge in [-0.1, -0.05) is 30.3 Å². The summed E-state index contributed by atoms with van der Waals surface area (Å²) in [7, 11) is 0. The first-order chi connectivity index (χ1) is 8.77. The Labute approximate surface area is 104 Å². The van der Waals surface area contributed by atoms with Crippen molar-refractivity contribution in [3.05, 3.63) is 53.7 Å². The third-order valence-corrected chi connectivity index (χ3v) is 2.90. The van der Waals surface area contributed by atoms with E-state index in [-0.39, 0.29) is 0 Å². The molecule has 2 heterocycles. The third-order valence-electron chi connectivity index (χ3n) is 2.90. The van der Waals surface area contributed by atoms with Crippen LogP contribution in [0, 0.1) is 0 Å². The number of primary amides is 1. The molecule has 5 heteroatoms. The van der Waals surface area contributed by atoms with Gasteiger partial charge in [0.05, 0.1) is 11.9 Å². The summed E-state index contributed by atoms with van der Waals surface area (Å²) in [5, 5.41) is 7.34. The van der Waals surface area contributed by atoms with Gasteiger partial charge in [-0.2, -0.15) is 5.10 Å². The molecule has 0 saturated heterocycles. The summed E-state index contributed by atoms with van der Waals surface area (Å²) in [4.78, 5) is 11.3. The second-order valence-electron chi connectivity index (χ2n) is 4.02. The van der Waals surface area contributed by atoms with Crippen LogP contribution in [0.25, 0.3) is 5.70 Å². The summed E-state index contributed by atoms with van der Waals surface area (Å²) >= 11 is 0. The molecule has 3 rings (SSSR count). The topological polar surface area (TPSA) is 72.9 Å². The van der Waals surface area contributed by atoms with Crippen molar-refractivity contribution in [2.75, 3.05) is 11.9 Å². The molecule has 1 aromatic carbocycles. The Balaban J connectivity index is 2.11. The highest BCUT2D eigenvalue weighted by Gasteiger charge is 2.20. The summed E-state index contributed by atoms with van der Waals surface area (Å²) in [6.07, 6.45) is 3.52. The molecule has 90 valence electrons. The van der Waals surface area contributed by atoms with Crippen LogP contribution < -0.4 is 11.1 Å². The quantitative estimate of drug-likeness (QED) is 0.831. The molecule has 0 fully saturated rings. The van der Waals surface area contributed by atoms with E-state index in [1.54, 1.807) is 4.68 Å². The maximum atomic E-state index is 11.3. The fourth-order valence-electron chi connectivity index (χ4n) is 2.06. The summed E-state index contributed by atoms with van der Waals surface area (Å²) in [5.74, 6) is 0.182. The van der Waals surface area contributed by atoms with Gasteiger partial charge in [0.2, 0.25) is 0 Å². The summed E-state index contributed by atoms with van der Waals surface area (Å²) in [6, 6.07) is 9.91. The number of aromatic nitrogens is 2. The number of benzene rings is 1. The maximum Gasteiger partial charge on any atom is 0.254 e. The number of rotatable bonds is 2. The lowest BCUT2D eigenvalue weighted by Crippen LogP contribution is -2.19. The van der Waals surface area contributed by atoms with Crippen molar-refractivity contribution in [1.29, 1.82) is 0 Å². The molecule has 1 amide bonds. The normalized spacial score (nSPS) is 13.4. The van der Waals surface area contributed by atoms with Gasteiger partial charge in [-0.05, 0) is 11.6 Å².